The lowest BCUT2D eigenvalue weighted by Crippen LogP contribution is -2.35. The number of methoxy groups -OCH3 is 1. The average molecular weight is 275 g/mol. The molecule has 4 nitrogen and oxygen atoms in total. The van der Waals surface area contributed by atoms with E-state index in [1.54, 1.807) is 13.2 Å². The van der Waals surface area contributed by atoms with Crippen LogP contribution in [0.5, 0.6) is 0 Å². The molecule has 0 aromatic heterocycles. The van der Waals surface area contributed by atoms with Crippen LogP contribution >= 0.6 is 0 Å². The predicted molar refractivity (Wildman–Crippen MR) is 78.6 cm³/mol. The van der Waals surface area contributed by atoms with Crippen molar-refractivity contribution in [2.24, 2.45) is 0 Å². The number of rotatable bonds is 5. The molecule has 0 saturated carbocycles. The lowest BCUT2D eigenvalue weighted by atomic mass is 10.1. The standard InChI is InChI=1S/C16H21NO3/c1-12-8-14(6-4-5-7-18)10-15(9-12)16(19)17-13(2)11-20-3/h8-10,13,18H,5,7,11H2,1-3H3,(H,17,19). The summed E-state index contributed by atoms with van der Waals surface area (Å²) in [6.45, 7) is 4.33. The van der Waals surface area contributed by atoms with E-state index in [0.717, 1.165) is 11.1 Å². The van der Waals surface area contributed by atoms with Gasteiger partial charge in [-0.25, -0.2) is 0 Å². The topological polar surface area (TPSA) is 58.6 Å². The van der Waals surface area contributed by atoms with Gasteiger partial charge < -0.3 is 15.2 Å². The molecule has 4 heteroatoms. The molecule has 0 saturated heterocycles. The highest BCUT2D eigenvalue weighted by atomic mass is 16.5. The van der Waals surface area contributed by atoms with Gasteiger partial charge in [-0.3, -0.25) is 4.79 Å². The van der Waals surface area contributed by atoms with E-state index in [1.807, 2.05) is 26.0 Å². The Kier molecular flexibility index (Phi) is 6.78. The summed E-state index contributed by atoms with van der Waals surface area (Å²) >= 11 is 0. The van der Waals surface area contributed by atoms with Crippen molar-refractivity contribution in [2.45, 2.75) is 26.3 Å². The van der Waals surface area contributed by atoms with E-state index in [0.29, 0.717) is 18.6 Å². The molecule has 1 amide bonds. The van der Waals surface area contributed by atoms with Gasteiger partial charge in [-0.1, -0.05) is 11.8 Å². The van der Waals surface area contributed by atoms with E-state index in [2.05, 4.69) is 17.2 Å². The molecule has 0 aliphatic heterocycles. The SMILES string of the molecule is COCC(C)NC(=O)c1cc(C)cc(C#CCCO)c1. The summed E-state index contributed by atoms with van der Waals surface area (Å²) in [5.41, 5.74) is 2.34. The number of carbonyl (C=O) groups excluding carboxylic acids is 1. The van der Waals surface area contributed by atoms with Gasteiger partial charge in [0.25, 0.3) is 5.91 Å². The number of amides is 1. The lowest BCUT2D eigenvalue weighted by molar-refractivity contribution is 0.0905. The van der Waals surface area contributed by atoms with Crippen LogP contribution in [-0.4, -0.2) is 37.4 Å². The number of aliphatic hydroxyl groups excluding tert-OH is 1. The second-order valence-corrected chi connectivity index (χ2v) is 4.69. The summed E-state index contributed by atoms with van der Waals surface area (Å²) in [6, 6.07) is 5.45. The number of aryl methyl sites for hydroxylation is 1. The molecule has 1 rings (SSSR count). The van der Waals surface area contributed by atoms with Crippen LogP contribution in [0.4, 0.5) is 0 Å². The first-order valence-electron chi connectivity index (χ1n) is 6.58. The Morgan fingerprint density at radius 3 is 2.85 bits per heavy atom. The minimum atomic E-state index is -0.136. The van der Waals surface area contributed by atoms with Crippen LogP contribution in [0.15, 0.2) is 18.2 Å². The minimum absolute atomic E-state index is 0.0424. The van der Waals surface area contributed by atoms with Crippen LogP contribution in [0.3, 0.4) is 0 Å². The zero-order valence-corrected chi connectivity index (χ0v) is 12.2. The second-order valence-electron chi connectivity index (χ2n) is 4.69. The van der Waals surface area contributed by atoms with Crippen molar-refractivity contribution >= 4 is 5.91 Å². The summed E-state index contributed by atoms with van der Waals surface area (Å²) < 4.78 is 4.99. The third-order valence-electron chi connectivity index (χ3n) is 2.60. The monoisotopic (exact) mass is 275 g/mol. The number of carbonyl (C=O) groups is 1. The zero-order valence-electron chi connectivity index (χ0n) is 12.2. The van der Waals surface area contributed by atoms with Gasteiger partial charge in [-0.2, -0.15) is 0 Å². The Hall–Kier alpha value is -1.83. The number of ether oxygens (including phenoxy) is 1. The first-order valence-corrected chi connectivity index (χ1v) is 6.58. The van der Waals surface area contributed by atoms with Gasteiger partial charge in [0.15, 0.2) is 0 Å². The molecule has 0 fully saturated rings. The Morgan fingerprint density at radius 1 is 1.45 bits per heavy atom. The summed E-state index contributed by atoms with van der Waals surface area (Å²) in [4.78, 5) is 12.1. The van der Waals surface area contributed by atoms with Gasteiger partial charge >= 0.3 is 0 Å². The summed E-state index contributed by atoms with van der Waals surface area (Å²) in [7, 11) is 1.60. The van der Waals surface area contributed by atoms with Gasteiger partial charge in [0.2, 0.25) is 0 Å². The maximum atomic E-state index is 12.1. The number of aliphatic hydroxyl groups is 1. The lowest BCUT2D eigenvalue weighted by Gasteiger charge is -2.13. The molecule has 2 N–H and O–H groups in total. The predicted octanol–water partition coefficient (Wildman–Crippen LogP) is 1.49. The average Bonchev–Trinajstić information content (AvgIpc) is 2.38. The Balaban J connectivity index is 2.85. The minimum Gasteiger partial charge on any atom is -0.395 e. The third kappa shape index (κ3) is 5.43. The first-order chi connectivity index (χ1) is 9.56. The number of hydrogen-bond acceptors (Lipinski definition) is 3. The summed E-state index contributed by atoms with van der Waals surface area (Å²) in [5, 5.41) is 11.6. The quantitative estimate of drug-likeness (QED) is 0.801. The van der Waals surface area contributed by atoms with Crippen molar-refractivity contribution < 1.29 is 14.6 Å². The smallest absolute Gasteiger partial charge is 0.251 e. The van der Waals surface area contributed by atoms with Crippen LogP contribution in [0.25, 0.3) is 0 Å². The maximum Gasteiger partial charge on any atom is 0.251 e. The Labute approximate surface area is 120 Å². The van der Waals surface area contributed by atoms with Gasteiger partial charge in [0, 0.05) is 30.7 Å². The van der Waals surface area contributed by atoms with Crippen molar-refractivity contribution in [3.63, 3.8) is 0 Å². The molecule has 0 radical (unpaired) electrons. The van der Waals surface area contributed by atoms with E-state index < -0.39 is 0 Å². The van der Waals surface area contributed by atoms with E-state index in [-0.39, 0.29) is 18.6 Å². The van der Waals surface area contributed by atoms with Crippen molar-refractivity contribution in [3.8, 4) is 11.8 Å². The maximum absolute atomic E-state index is 12.1. The zero-order chi connectivity index (χ0) is 15.0. The van der Waals surface area contributed by atoms with E-state index in [9.17, 15) is 4.79 Å². The fourth-order valence-corrected chi connectivity index (χ4v) is 1.81. The third-order valence-corrected chi connectivity index (χ3v) is 2.60. The molecule has 0 spiro atoms. The van der Waals surface area contributed by atoms with Crippen LogP contribution in [0.1, 0.15) is 34.8 Å². The number of nitrogens with one attached hydrogen (secondary N) is 1. The van der Waals surface area contributed by atoms with Gasteiger partial charge in [-0.15, -0.1) is 0 Å². The summed E-state index contributed by atoms with van der Waals surface area (Å²) in [5.74, 6) is 5.66. The Morgan fingerprint density at radius 2 is 2.20 bits per heavy atom. The van der Waals surface area contributed by atoms with Gasteiger partial charge in [0.1, 0.15) is 0 Å². The van der Waals surface area contributed by atoms with Crippen LogP contribution in [-0.2, 0) is 4.74 Å². The van der Waals surface area contributed by atoms with Crippen molar-refractivity contribution in [1.29, 1.82) is 0 Å². The second kappa shape index (κ2) is 8.36. The first kappa shape index (κ1) is 16.2. The molecule has 1 unspecified atom stereocenters. The van der Waals surface area contributed by atoms with Gasteiger partial charge in [-0.05, 0) is 37.6 Å². The normalized spacial score (nSPS) is 11.4. The van der Waals surface area contributed by atoms with E-state index in [4.69, 9.17) is 9.84 Å². The molecule has 108 valence electrons. The highest BCUT2D eigenvalue weighted by molar-refractivity contribution is 5.95. The molecule has 0 bridgehead atoms. The molecular formula is C16H21NO3. The fourth-order valence-electron chi connectivity index (χ4n) is 1.81. The number of benzene rings is 1. The van der Waals surface area contributed by atoms with Crippen molar-refractivity contribution in [2.75, 3.05) is 20.3 Å². The molecule has 0 aliphatic carbocycles. The molecule has 1 aromatic rings. The van der Waals surface area contributed by atoms with Crippen molar-refractivity contribution in [3.05, 3.63) is 34.9 Å². The number of hydrogen-bond donors (Lipinski definition) is 2. The Bertz CT molecular complexity index is 514. The summed E-state index contributed by atoms with van der Waals surface area (Å²) in [6.07, 6.45) is 0.431. The van der Waals surface area contributed by atoms with Crippen LogP contribution < -0.4 is 5.32 Å². The molecule has 1 atom stereocenters. The molecule has 1 aromatic carbocycles. The van der Waals surface area contributed by atoms with Crippen LogP contribution in [0, 0.1) is 18.8 Å². The highest BCUT2D eigenvalue weighted by Gasteiger charge is 2.10. The largest absolute Gasteiger partial charge is 0.395 e. The fraction of sp³-hybridized carbons (Fsp3) is 0.438. The molecule has 0 heterocycles. The van der Waals surface area contributed by atoms with Crippen LogP contribution in [0.2, 0.25) is 0 Å². The molecular weight excluding hydrogens is 254 g/mol. The van der Waals surface area contributed by atoms with E-state index in [1.165, 1.54) is 0 Å². The molecule has 20 heavy (non-hydrogen) atoms. The van der Waals surface area contributed by atoms with Crippen molar-refractivity contribution in [1.82, 2.24) is 5.32 Å². The van der Waals surface area contributed by atoms with E-state index >= 15 is 0 Å². The van der Waals surface area contributed by atoms with Gasteiger partial charge in [0.05, 0.1) is 13.2 Å². The highest BCUT2D eigenvalue weighted by Crippen LogP contribution is 2.09. The molecule has 0 aliphatic rings.